The van der Waals surface area contributed by atoms with Crippen LogP contribution >= 0.6 is 11.6 Å². The molecule has 0 unspecified atom stereocenters. The lowest BCUT2D eigenvalue weighted by atomic mass is 10.2. The standard InChI is InChI=1S/C18H16ClN3O3S/c1-22(26(23,24)12-11-14-5-3-2-4-6-14)13-17-20-21-18(25-17)15-7-9-16(19)10-8-15/h2-12H,13H2,1H3. The van der Waals surface area contributed by atoms with E-state index in [1.807, 2.05) is 30.3 Å². The first-order valence-corrected chi connectivity index (χ1v) is 9.60. The van der Waals surface area contributed by atoms with Gasteiger partial charge in [-0.05, 0) is 35.9 Å². The van der Waals surface area contributed by atoms with Crippen LogP contribution in [-0.2, 0) is 16.6 Å². The molecule has 1 heterocycles. The summed E-state index contributed by atoms with van der Waals surface area (Å²) in [6, 6.07) is 16.1. The molecule has 0 spiro atoms. The second kappa shape index (κ2) is 7.82. The van der Waals surface area contributed by atoms with Gasteiger partial charge in [-0.25, -0.2) is 8.42 Å². The minimum Gasteiger partial charge on any atom is -0.419 e. The molecule has 0 radical (unpaired) electrons. The van der Waals surface area contributed by atoms with Crippen molar-refractivity contribution in [2.24, 2.45) is 0 Å². The molecule has 0 atom stereocenters. The van der Waals surface area contributed by atoms with Crippen molar-refractivity contribution in [3.05, 3.63) is 76.5 Å². The predicted molar refractivity (Wildman–Crippen MR) is 101 cm³/mol. The van der Waals surface area contributed by atoms with Gasteiger partial charge in [0, 0.05) is 23.0 Å². The Hall–Kier alpha value is -2.48. The highest BCUT2D eigenvalue weighted by molar-refractivity contribution is 7.92. The van der Waals surface area contributed by atoms with E-state index >= 15 is 0 Å². The Morgan fingerprint density at radius 1 is 1.08 bits per heavy atom. The van der Waals surface area contributed by atoms with Gasteiger partial charge < -0.3 is 4.42 Å². The number of hydrogen-bond acceptors (Lipinski definition) is 5. The molecule has 26 heavy (non-hydrogen) atoms. The Morgan fingerprint density at radius 3 is 2.46 bits per heavy atom. The number of aromatic nitrogens is 2. The van der Waals surface area contributed by atoms with E-state index in [2.05, 4.69) is 10.2 Å². The molecular formula is C18H16ClN3O3S. The van der Waals surface area contributed by atoms with Gasteiger partial charge in [-0.15, -0.1) is 10.2 Å². The van der Waals surface area contributed by atoms with E-state index in [-0.39, 0.29) is 12.4 Å². The summed E-state index contributed by atoms with van der Waals surface area (Å²) in [5, 5.41) is 9.61. The zero-order chi connectivity index (χ0) is 18.6. The summed E-state index contributed by atoms with van der Waals surface area (Å²) in [5.41, 5.74) is 1.51. The van der Waals surface area contributed by atoms with Gasteiger partial charge in [-0.1, -0.05) is 41.9 Å². The van der Waals surface area contributed by atoms with Gasteiger partial charge in [-0.3, -0.25) is 0 Å². The van der Waals surface area contributed by atoms with Crippen LogP contribution in [0.15, 0.2) is 64.4 Å². The minimum absolute atomic E-state index is 0.0257. The highest BCUT2D eigenvalue weighted by Crippen LogP contribution is 2.21. The van der Waals surface area contributed by atoms with Crippen LogP contribution in [0.2, 0.25) is 5.02 Å². The highest BCUT2D eigenvalue weighted by Gasteiger charge is 2.18. The number of benzene rings is 2. The van der Waals surface area contributed by atoms with E-state index in [1.165, 1.54) is 7.05 Å². The second-order valence-corrected chi connectivity index (χ2v) is 7.88. The first kappa shape index (κ1) is 18.3. The molecule has 0 aliphatic heterocycles. The number of nitrogens with zero attached hydrogens (tertiary/aromatic N) is 3. The van der Waals surface area contributed by atoms with E-state index in [1.54, 1.807) is 30.3 Å². The monoisotopic (exact) mass is 389 g/mol. The topological polar surface area (TPSA) is 76.3 Å². The van der Waals surface area contributed by atoms with Crippen molar-refractivity contribution >= 4 is 27.7 Å². The number of rotatable bonds is 6. The van der Waals surface area contributed by atoms with Crippen molar-refractivity contribution in [1.82, 2.24) is 14.5 Å². The summed E-state index contributed by atoms with van der Waals surface area (Å²) in [6.07, 6.45) is 1.54. The zero-order valence-corrected chi connectivity index (χ0v) is 15.5. The molecule has 0 aliphatic rings. The minimum atomic E-state index is -3.61. The van der Waals surface area contributed by atoms with Crippen LogP contribution < -0.4 is 0 Å². The molecule has 0 amide bonds. The van der Waals surface area contributed by atoms with Crippen LogP contribution in [0, 0.1) is 0 Å². The van der Waals surface area contributed by atoms with E-state index in [4.69, 9.17) is 16.0 Å². The van der Waals surface area contributed by atoms with Gasteiger partial charge in [0.15, 0.2) is 0 Å². The highest BCUT2D eigenvalue weighted by atomic mass is 35.5. The number of sulfonamides is 1. The van der Waals surface area contributed by atoms with E-state index in [0.29, 0.717) is 16.5 Å². The molecule has 0 aliphatic carbocycles. The third kappa shape index (κ3) is 4.57. The predicted octanol–water partition coefficient (Wildman–Crippen LogP) is 3.82. The van der Waals surface area contributed by atoms with Crippen LogP contribution in [0.25, 0.3) is 17.5 Å². The Kier molecular flexibility index (Phi) is 5.51. The fourth-order valence-corrected chi connectivity index (χ4v) is 3.09. The summed E-state index contributed by atoms with van der Waals surface area (Å²) >= 11 is 5.85. The molecule has 8 heteroatoms. The maximum absolute atomic E-state index is 12.4. The van der Waals surface area contributed by atoms with Crippen LogP contribution in [0.1, 0.15) is 11.5 Å². The molecule has 0 fully saturated rings. The Morgan fingerprint density at radius 2 is 1.77 bits per heavy atom. The van der Waals surface area contributed by atoms with Crippen molar-refractivity contribution < 1.29 is 12.8 Å². The summed E-state index contributed by atoms with van der Waals surface area (Å²) < 4.78 is 31.4. The average Bonchev–Trinajstić information content (AvgIpc) is 3.10. The fourth-order valence-electron chi connectivity index (χ4n) is 2.14. The van der Waals surface area contributed by atoms with Crippen molar-refractivity contribution in [2.75, 3.05) is 7.05 Å². The zero-order valence-electron chi connectivity index (χ0n) is 13.9. The SMILES string of the molecule is CN(Cc1nnc(-c2ccc(Cl)cc2)o1)S(=O)(=O)C=Cc1ccccc1. The quantitative estimate of drug-likeness (QED) is 0.640. The van der Waals surface area contributed by atoms with Gasteiger partial charge in [0.05, 0.1) is 6.54 Å². The van der Waals surface area contributed by atoms with Gasteiger partial charge in [-0.2, -0.15) is 4.31 Å². The van der Waals surface area contributed by atoms with Crippen molar-refractivity contribution in [2.45, 2.75) is 6.54 Å². The third-order valence-electron chi connectivity index (χ3n) is 3.58. The van der Waals surface area contributed by atoms with Crippen molar-refractivity contribution in [3.63, 3.8) is 0 Å². The smallest absolute Gasteiger partial charge is 0.247 e. The van der Waals surface area contributed by atoms with Gasteiger partial charge >= 0.3 is 0 Å². The van der Waals surface area contributed by atoms with Crippen LogP contribution in [-0.4, -0.2) is 30.0 Å². The Balaban J connectivity index is 1.70. The average molecular weight is 390 g/mol. The molecular weight excluding hydrogens is 374 g/mol. The third-order valence-corrected chi connectivity index (χ3v) is 5.31. The van der Waals surface area contributed by atoms with Crippen LogP contribution in [0.4, 0.5) is 0 Å². The maximum Gasteiger partial charge on any atom is 0.247 e. The normalized spacial score (nSPS) is 12.1. The lowest BCUT2D eigenvalue weighted by Gasteiger charge is -2.11. The lowest BCUT2D eigenvalue weighted by Crippen LogP contribution is -2.24. The fraction of sp³-hybridized carbons (Fsp3) is 0.111. The van der Waals surface area contributed by atoms with Gasteiger partial charge in [0.2, 0.25) is 21.8 Å². The molecule has 0 saturated heterocycles. The summed E-state index contributed by atoms with van der Waals surface area (Å²) in [6.45, 7) is -0.0257. The van der Waals surface area contributed by atoms with E-state index in [0.717, 1.165) is 15.3 Å². The van der Waals surface area contributed by atoms with Gasteiger partial charge in [0.1, 0.15) is 0 Å². The van der Waals surface area contributed by atoms with E-state index < -0.39 is 10.0 Å². The lowest BCUT2D eigenvalue weighted by molar-refractivity contribution is 0.404. The molecule has 1 aromatic heterocycles. The van der Waals surface area contributed by atoms with E-state index in [9.17, 15) is 8.42 Å². The Bertz CT molecular complexity index is 1000. The molecule has 3 rings (SSSR count). The summed E-state index contributed by atoms with van der Waals surface area (Å²) in [4.78, 5) is 0. The first-order chi connectivity index (χ1) is 12.4. The molecule has 6 nitrogen and oxygen atoms in total. The molecule has 3 aromatic rings. The number of halogens is 1. The first-order valence-electron chi connectivity index (χ1n) is 7.72. The molecule has 134 valence electrons. The molecule has 0 N–H and O–H groups in total. The van der Waals surface area contributed by atoms with Crippen LogP contribution in [0.5, 0.6) is 0 Å². The largest absolute Gasteiger partial charge is 0.419 e. The van der Waals surface area contributed by atoms with Crippen molar-refractivity contribution in [3.8, 4) is 11.5 Å². The number of hydrogen-bond donors (Lipinski definition) is 0. The Labute approximate surface area is 156 Å². The van der Waals surface area contributed by atoms with Gasteiger partial charge in [0.25, 0.3) is 0 Å². The van der Waals surface area contributed by atoms with Crippen molar-refractivity contribution in [1.29, 1.82) is 0 Å². The second-order valence-electron chi connectivity index (χ2n) is 5.52. The molecule has 0 bridgehead atoms. The summed E-state index contributed by atoms with van der Waals surface area (Å²) in [5.74, 6) is 0.511. The molecule has 0 saturated carbocycles. The van der Waals surface area contributed by atoms with Crippen LogP contribution in [0.3, 0.4) is 0 Å². The maximum atomic E-state index is 12.4. The molecule has 2 aromatic carbocycles. The summed E-state index contributed by atoms with van der Waals surface area (Å²) in [7, 11) is -2.15.